The van der Waals surface area contributed by atoms with Crippen LogP contribution in [0, 0.1) is 20.2 Å². The molecule has 0 N–H and O–H groups in total. The first kappa shape index (κ1) is 12.3. The van der Waals surface area contributed by atoms with Crippen LogP contribution in [0.2, 0.25) is 0 Å². The third kappa shape index (κ3) is 2.57. The summed E-state index contributed by atoms with van der Waals surface area (Å²) in [5.41, 5.74) is 0. The van der Waals surface area contributed by atoms with Crippen LogP contribution in [0.15, 0.2) is 33.1 Å². The lowest BCUT2D eigenvalue weighted by atomic mass is 10.4. The summed E-state index contributed by atoms with van der Waals surface area (Å²) < 4.78 is 13.8. The fraction of sp³-hybridized carbons (Fsp3) is 0. The first-order valence-electron chi connectivity index (χ1n) is 4.68. The Kier molecular flexibility index (Phi) is 2.98. The van der Waals surface area contributed by atoms with Crippen molar-refractivity contribution in [3.05, 3.63) is 50.3 Å². The number of furan rings is 2. The molecule has 98 valence electrons. The molecule has 2 heterocycles. The van der Waals surface area contributed by atoms with Crippen LogP contribution in [-0.4, -0.2) is 15.8 Å². The van der Waals surface area contributed by atoms with Crippen molar-refractivity contribution >= 4 is 17.7 Å². The molecule has 0 aliphatic heterocycles. The van der Waals surface area contributed by atoms with Gasteiger partial charge in [-0.05, 0) is 6.07 Å². The normalized spacial score (nSPS) is 10.1. The maximum atomic E-state index is 11.5. The summed E-state index contributed by atoms with van der Waals surface area (Å²) in [6, 6.07) is 4.07. The molecule has 0 spiro atoms. The first-order chi connectivity index (χ1) is 8.97. The number of nitro groups is 2. The molecule has 10 heteroatoms. The minimum atomic E-state index is -1.07. The number of rotatable bonds is 4. The van der Waals surface area contributed by atoms with Crippen molar-refractivity contribution in [2.24, 2.45) is 0 Å². The molecule has 0 fully saturated rings. The van der Waals surface area contributed by atoms with Crippen molar-refractivity contribution in [3.8, 4) is 5.95 Å². The van der Waals surface area contributed by atoms with E-state index in [1.54, 1.807) is 0 Å². The maximum absolute atomic E-state index is 11.5. The van der Waals surface area contributed by atoms with Crippen molar-refractivity contribution in [3.63, 3.8) is 0 Å². The molecule has 0 aliphatic carbocycles. The summed E-state index contributed by atoms with van der Waals surface area (Å²) in [4.78, 5) is 30.5. The van der Waals surface area contributed by atoms with Gasteiger partial charge in [-0.1, -0.05) is 0 Å². The van der Waals surface area contributed by atoms with Gasteiger partial charge >= 0.3 is 17.7 Å². The number of hydrogen-bond acceptors (Lipinski definition) is 8. The Morgan fingerprint density at radius 1 is 1.00 bits per heavy atom. The van der Waals surface area contributed by atoms with Crippen molar-refractivity contribution < 1.29 is 28.2 Å². The van der Waals surface area contributed by atoms with Gasteiger partial charge in [-0.2, -0.15) is 0 Å². The van der Waals surface area contributed by atoms with Crippen LogP contribution in [-0.2, 0) is 0 Å². The lowest BCUT2D eigenvalue weighted by Gasteiger charge is -1.95. The number of nitrogens with zero attached hydrogens (tertiary/aromatic N) is 2. The summed E-state index contributed by atoms with van der Waals surface area (Å²) in [6.07, 6.45) is 0. The van der Waals surface area contributed by atoms with Gasteiger partial charge in [0.25, 0.3) is 5.95 Å². The van der Waals surface area contributed by atoms with Gasteiger partial charge in [-0.3, -0.25) is 20.2 Å². The number of esters is 1. The van der Waals surface area contributed by atoms with Crippen LogP contribution in [0.4, 0.5) is 11.8 Å². The fourth-order valence-corrected chi connectivity index (χ4v) is 1.14. The molecule has 0 bridgehead atoms. The molecule has 0 aliphatic rings. The molecule has 0 radical (unpaired) electrons. The average Bonchev–Trinajstić information content (AvgIpc) is 2.96. The number of carbonyl (C=O) groups excluding carboxylic acids is 1. The Morgan fingerprint density at radius 2 is 1.58 bits per heavy atom. The second-order valence-corrected chi connectivity index (χ2v) is 3.13. The molecule has 0 atom stereocenters. The second kappa shape index (κ2) is 4.60. The summed E-state index contributed by atoms with van der Waals surface area (Å²) in [6.45, 7) is 0. The van der Waals surface area contributed by atoms with Gasteiger partial charge in [0.1, 0.15) is 9.85 Å². The van der Waals surface area contributed by atoms with Crippen molar-refractivity contribution in [2.45, 2.75) is 0 Å². The zero-order valence-corrected chi connectivity index (χ0v) is 8.97. The Bertz CT molecular complexity index is 655. The number of ether oxygens (including phenoxy) is 1. The molecular weight excluding hydrogens is 264 g/mol. The first-order valence-corrected chi connectivity index (χ1v) is 4.68. The highest BCUT2D eigenvalue weighted by Gasteiger charge is 2.21. The highest BCUT2D eigenvalue weighted by atomic mass is 16.7. The van der Waals surface area contributed by atoms with E-state index in [-0.39, 0.29) is 0 Å². The zero-order chi connectivity index (χ0) is 14.0. The van der Waals surface area contributed by atoms with Gasteiger partial charge in [-0.15, -0.1) is 0 Å². The monoisotopic (exact) mass is 268 g/mol. The summed E-state index contributed by atoms with van der Waals surface area (Å²) in [7, 11) is 0. The highest BCUT2D eigenvalue weighted by Crippen LogP contribution is 2.23. The zero-order valence-electron chi connectivity index (χ0n) is 8.97. The summed E-state index contributed by atoms with van der Waals surface area (Å²) >= 11 is 0. The minimum Gasteiger partial charge on any atom is -0.393 e. The molecule has 0 saturated heterocycles. The summed E-state index contributed by atoms with van der Waals surface area (Å²) in [5.74, 6) is -3.15. The molecule has 2 aromatic heterocycles. The number of carbonyl (C=O) groups is 1. The average molecular weight is 268 g/mol. The molecule has 2 rings (SSSR count). The van der Waals surface area contributed by atoms with Gasteiger partial charge in [0, 0.05) is 6.07 Å². The summed E-state index contributed by atoms with van der Waals surface area (Å²) in [5, 5.41) is 20.7. The molecule has 19 heavy (non-hydrogen) atoms. The molecule has 0 unspecified atom stereocenters. The van der Waals surface area contributed by atoms with Gasteiger partial charge in [0.15, 0.2) is 0 Å². The Morgan fingerprint density at radius 3 is 2.11 bits per heavy atom. The lowest BCUT2D eigenvalue weighted by Crippen LogP contribution is -2.06. The van der Waals surface area contributed by atoms with E-state index in [0.29, 0.717) is 0 Å². The fourth-order valence-electron chi connectivity index (χ4n) is 1.14. The molecular formula is C9H4N2O8. The van der Waals surface area contributed by atoms with Crippen molar-refractivity contribution in [1.82, 2.24) is 0 Å². The van der Waals surface area contributed by atoms with Crippen LogP contribution in [0.5, 0.6) is 5.95 Å². The van der Waals surface area contributed by atoms with E-state index in [1.165, 1.54) is 0 Å². The smallest absolute Gasteiger partial charge is 0.393 e. The van der Waals surface area contributed by atoms with Crippen LogP contribution in [0.25, 0.3) is 0 Å². The van der Waals surface area contributed by atoms with Crippen molar-refractivity contribution in [2.75, 3.05) is 0 Å². The number of hydrogen-bond donors (Lipinski definition) is 0. The SMILES string of the molecule is O=C(Oc1ccc([N+](=O)[O-])o1)c1ccc([N+](=O)[O-])o1. The Labute approximate surface area is 103 Å². The van der Waals surface area contributed by atoms with E-state index < -0.39 is 39.3 Å². The van der Waals surface area contributed by atoms with E-state index in [0.717, 1.165) is 24.3 Å². The lowest BCUT2D eigenvalue weighted by molar-refractivity contribution is -0.402. The van der Waals surface area contributed by atoms with Crippen LogP contribution < -0.4 is 4.74 Å². The topological polar surface area (TPSA) is 139 Å². The molecule has 0 amide bonds. The standard InChI is InChI=1S/C9H4N2O8/c12-9(5-1-2-6(17-5)10(13)14)19-8-4-3-7(18-8)11(15)16/h1-4H. The van der Waals surface area contributed by atoms with E-state index in [1.807, 2.05) is 0 Å². The van der Waals surface area contributed by atoms with Gasteiger partial charge in [0.2, 0.25) is 5.76 Å². The van der Waals surface area contributed by atoms with E-state index in [9.17, 15) is 25.0 Å². The van der Waals surface area contributed by atoms with Gasteiger partial charge in [-0.25, -0.2) is 4.79 Å². The quantitative estimate of drug-likeness (QED) is 0.465. The minimum absolute atomic E-state index is 0.421. The maximum Gasteiger partial charge on any atom is 0.436 e. The predicted molar refractivity (Wildman–Crippen MR) is 55.7 cm³/mol. The Hall–Kier alpha value is -3.17. The molecule has 0 aromatic carbocycles. The van der Waals surface area contributed by atoms with Crippen LogP contribution in [0.1, 0.15) is 10.6 Å². The van der Waals surface area contributed by atoms with Gasteiger partial charge in [0.05, 0.1) is 12.1 Å². The third-order valence-corrected chi connectivity index (χ3v) is 1.91. The highest BCUT2D eigenvalue weighted by molar-refractivity contribution is 5.88. The van der Waals surface area contributed by atoms with Gasteiger partial charge < -0.3 is 13.6 Å². The third-order valence-electron chi connectivity index (χ3n) is 1.91. The largest absolute Gasteiger partial charge is 0.436 e. The van der Waals surface area contributed by atoms with Crippen LogP contribution in [0.3, 0.4) is 0 Å². The van der Waals surface area contributed by atoms with E-state index in [4.69, 9.17) is 0 Å². The molecule has 0 saturated carbocycles. The van der Waals surface area contributed by atoms with E-state index >= 15 is 0 Å². The van der Waals surface area contributed by atoms with E-state index in [2.05, 4.69) is 13.6 Å². The van der Waals surface area contributed by atoms with Crippen LogP contribution >= 0.6 is 0 Å². The second-order valence-electron chi connectivity index (χ2n) is 3.13. The predicted octanol–water partition coefficient (Wildman–Crippen LogP) is 1.91. The Balaban J connectivity index is 2.11. The van der Waals surface area contributed by atoms with Crippen molar-refractivity contribution in [1.29, 1.82) is 0 Å². The molecule has 2 aromatic rings. The molecule has 10 nitrogen and oxygen atoms in total.